The maximum Gasteiger partial charge on any atom is 0.394 e. The summed E-state index contributed by atoms with van der Waals surface area (Å²) < 4.78 is 0. The molecule has 0 aromatic heterocycles. The minimum atomic E-state index is -1.41. The van der Waals surface area contributed by atoms with Gasteiger partial charge in [0.05, 0.1) is 12.1 Å². The quantitative estimate of drug-likeness (QED) is 0.519. The maximum absolute atomic E-state index is 11.4. The fourth-order valence-corrected chi connectivity index (χ4v) is 3.77. The van der Waals surface area contributed by atoms with E-state index in [2.05, 4.69) is 0 Å². The molecule has 1 heterocycles. The first-order valence-electron chi connectivity index (χ1n) is 5.31. The smallest absolute Gasteiger partial charge is 0.394 e. The summed E-state index contributed by atoms with van der Waals surface area (Å²) in [4.78, 5) is 23.4. The molecule has 1 saturated heterocycles. The van der Waals surface area contributed by atoms with Crippen molar-refractivity contribution in [2.24, 2.45) is 17.8 Å². The molecule has 0 radical (unpaired) electrons. The molecule has 3 fully saturated rings. The number of aliphatic hydroxyl groups is 1. The van der Waals surface area contributed by atoms with Crippen molar-refractivity contribution in [1.29, 1.82) is 0 Å². The largest absolute Gasteiger partial charge is 0.474 e. The van der Waals surface area contributed by atoms with E-state index in [9.17, 15) is 14.7 Å². The molecule has 5 unspecified atom stereocenters. The number of carboxylic acids is 1. The summed E-state index contributed by atoms with van der Waals surface area (Å²) in [6.45, 7) is 0.522. The van der Waals surface area contributed by atoms with E-state index in [0.29, 0.717) is 18.4 Å². The number of aliphatic carboxylic acids is 1. The van der Waals surface area contributed by atoms with E-state index in [4.69, 9.17) is 5.11 Å². The van der Waals surface area contributed by atoms with E-state index in [0.717, 1.165) is 12.8 Å². The molecule has 2 N–H and O–H groups in total. The van der Waals surface area contributed by atoms with Crippen LogP contribution < -0.4 is 0 Å². The predicted molar refractivity (Wildman–Crippen MR) is 48.8 cm³/mol. The normalized spacial score (nSPS) is 46.2. The number of carboxylic acid groups (broad SMARTS) is 1. The Labute approximate surface area is 86.7 Å². The van der Waals surface area contributed by atoms with Gasteiger partial charge in [-0.05, 0) is 30.6 Å². The molecule has 5 nitrogen and oxygen atoms in total. The fourth-order valence-electron chi connectivity index (χ4n) is 3.77. The van der Waals surface area contributed by atoms with Gasteiger partial charge in [0.15, 0.2) is 0 Å². The second-order valence-electron chi connectivity index (χ2n) is 4.90. The number of hydrogen-bond acceptors (Lipinski definition) is 3. The Balaban J connectivity index is 1.89. The highest BCUT2D eigenvalue weighted by Gasteiger charge is 2.60. The third-order valence-corrected chi connectivity index (χ3v) is 4.29. The van der Waals surface area contributed by atoms with Crippen LogP contribution in [-0.4, -0.2) is 45.7 Å². The molecule has 82 valence electrons. The fraction of sp³-hybridized carbons (Fsp3) is 0.800. The molecule has 0 aromatic rings. The second-order valence-corrected chi connectivity index (χ2v) is 4.90. The molecular weight excluding hydrogens is 198 g/mol. The molecule has 5 atom stereocenters. The van der Waals surface area contributed by atoms with Gasteiger partial charge in [0.1, 0.15) is 0 Å². The van der Waals surface area contributed by atoms with Gasteiger partial charge in [-0.15, -0.1) is 0 Å². The Kier molecular flexibility index (Phi) is 1.66. The molecule has 0 aromatic carbocycles. The van der Waals surface area contributed by atoms with Gasteiger partial charge in [-0.3, -0.25) is 4.79 Å². The number of hydrogen-bond donors (Lipinski definition) is 2. The highest BCUT2D eigenvalue weighted by molar-refractivity contribution is 6.31. The lowest BCUT2D eigenvalue weighted by Gasteiger charge is -2.27. The van der Waals surface area contributed by atoms with Gasteiger partial charge in [0.25, 0.3) is 0 Å². The molecule has 0 spiro atoms. The molecule has 5 heteroatoms. The zero-order chi connectivity index (χ0) is 10.7. The van der Waals surface area contributed by atoms with Gasteiger partial charge in [0.2, 0.25) is 0 Å². The summed E-state index contributed by atoms with van der Waals surface area (Å²) in [6, 6.07) is -0.225. The van der Waals surface area contributed by atoms with Crippen LogP contribution in [0, 0.1) is 17.8 Å². The van der Waals surface area contributed by atoms with Crippen molar-refractivity contribution in [3.05, 3.63) is 0 Å². The SMILES string of the molecule is O=C(O)C(=O)N1CC2CC3CC2C1C3O. The molecule has 2 bridgehead atoms. The monoisotopic (exact) mass is 211 g/mol. The van der Waals surface area contributed by atoms with Crippen LogP contribution in [0.25, 0.3) is 0 Å². The Morgan fingerprint density at radius 2 is 1.93 bits per heavy atom. The van der Waals surface area contributed by atoms with Crippen molar-refractivity contribution in [1.82, 2.24) is 4.90 Å². The van der Waals surface area contributed by atoms with Crippen LogP contribution in [0.5, 0.6) is 0 Å². The van der Waals surface area contributed by atoms with Gasteiger partial charge < -0.3 is 15.1 Å². The summed E-state index contributed by atoms with van der Waals surface area (Å²) in [5, 5.41) is 18.6. The lowest BCUT2D eigenvalue weighted by Crippen LogP contribution is -2.46. The summed E-state index contributed by atoms with van der Waals surface area (Å²) in [5.41, 5.74) is 0. The number of nitrogens with zero attached hydrogens (tertiary/aromatic N) is 1. The highest BCUT2D eigenvalue weighted by Crippen LogP contribution is 2.54. The number of carbonyl (C=O) groups is 2. The van der Waals surface area contributed by atoms with E-state index in [1.165, 1.54) is 4.90 Å². The number of amides is 1. The molecular formula is C10H13NO4. The van der Waals surface area contributed by atoms with Crippen LogP contribution in [0.3, 0.4) is 0 Å². The van der Waals surface area contributed by atoms with E-state index in [-0.39, 0.29) is 12.0 Å². The molecule has 15 heavy (non-hydrogen) atoms. The zero-order valence-corrected chi connectivity index (χ0v) is 8.17. The van der Waals surface area contributed by atoms with Crippen LogP contribution in [0.15, 0.2) is 0 Å². The predicted octanol–water partition coefficient (Wildman–Crippen LogP) is -0.701. The summed E-state index contributed by atoms with van der Waals surface area (Å²) in [5.74, 6) is -1.21. The van der Waals surface area contributed by atoms with Crippen molar-refractivity contribution in [3.8, 4) is 0 Å². The first-order chi connectivity index (χ1) is 7.09. The Morgan fingerprint density at radius 1 is 1.20 bits per heavy atom. The first kappa shape index (κ1) is 9.15. The molecule has 3 aliphatic rings. The Bertz CT molecular complexity index is 340. The van der Waals surface area contributed by atoms with Crippen molar-refractivity contribution < 1.29 is 19.8 Å². The van der Waals surface area contributed by atoms with E-state index < -0.39 is 18.0 Å². The molecule has 3 rings (SSSR count). The first-order valence-corrected chi connectivity index (χ1v) is 5.31. The van der Waals surface area contributed by atoms with Gasteiger partial charge in [-0.2, -0.15) is 0 Å². The zero-order valence-electron chi connectivity index (χ0n) is 8.17. The average molecular weight is 211 g/mol. The van der Waals surface area contributed by atoms with Gasteiger partial charge in [-0.25, -0.2) is 4.79 Å². The van der Waals surface area contributed by atoms with Crippen LogP contribution in [0.2, 0.25) is 0 Å². The minimum absolute atomic E-state index is 0.225. The Hall–Kier alpha value is -1.10. The Morgan fingerprint density at radius 3 is 2.53 bits per heavy atom. The van der Waals surface area contributed by atoms with E-state index in [1.807, 2.05) is 0 Å². The number of carbonyl (C=O) groups excluding carboxylic acids is 1. The lowest BCUT2D eigenvalue weighted by molar-refractivity contribution is -0.157. The maximum atomic E-state index is 11.4. The van der Waals surface area contributed by atoms with Crippen LogP contribution >= 0.6 is 0 Å². The van der Waals surface area contributed by atoms with Crippen LogP contribution in [0.4, 0.5) is 0 Å². The van der Waals surface area contributed by atoms with Gasteiger partial charge in [0, 0.05) is 6.54 Å². The number of fused-ring (bicyclic) bond motifs is 1. The molecule has 1 aliphatic heterocycles. The van der Waals surface area contributed by atoms with Gasteiger partial charge in [-0.1, -0.05) is 0 Å². The van der Waals surface area contributed by atoms with Crippen molar-refractivity contribution in [3.63, 3.8) is 0 Å². The molecule has 1 amide bonds. The topological polar surface area (TPSA) is 77.8 Å². The third kappa shape index (κ3) is 1.01. The average Bonchev–Trinajstić information content (AvgIpc) is 2.75. The minimum Gasteiger partial charge on any atom is -0.474 e. The second kappa shape index (κ2) is 2.72. The highest BCUT2D eigenvalue weighted by atomic mass is 16.4. The molecule has 2 aliphatic carbocycles. The van der Waals surface area contributed by atoms with Crippen molar-refractivity contribution in [2.45, 2.75) is 25.0 Å². The lowest BCUT2D eigenvalue weighted by atomic mass is 9.88. The van der Waals surface area contributed by atoms with Crippen LogP contribution in [-0.2, 0) is 9.59 Å². The van der Waals surface area contributed by atoms with Gasteiger partial charge >= 0.3 is 11.9 Å². The van der Waals surface area contributed by atoms with Crippen molar-refractivity contribution >= 4 is 11.9 Å². The number of likely N-dealkylation sites (tertiary alicyclic amines) is 1. The van der Waals surface area contributed by atoms with Crippen LogP contribution in [0.1, 0.15) is 12.8 Å². The van der Waals surface area contributed by atoms with Crippen molar-refractivity contribution in [2.75, 3.05) is 6.54 Å². The third-order valence-electron chi connectivity index (χ3n) is 4.29. The number of aliphatic hydroxyl groups excluding tert-OH is 1. The standard InChI is InChI=1S/C10H13NO4/c12-8-4-1-5-3-11(9(13)10(14)15)7(8)6(5)2-4/h4-8,12H,1-3H2,(H,14,15). The summed E-state index contributed by atoms with van der Waals surface area (Å²) >= 11 is 0. The summed E-state index contributed by atoms with van der Waals surface area (Å²) in [7, 11) is 0. The number of rotatable bonds is 0. The van der Waals surface area contributed by atoms with E-state index >= 15 is 0 Å². The summed E-state index contributed by atoms with van der Waals surface area (Å²) in [6.07, 6.45) is 1.41. The van der Waals surface area contributed by atoms with E-state index in [1.54, 1.807) is 0 Å². The molecule has 2 saturated carbocycles.